The van der Waals surface area contributed by atoms with Gasteiger partial charge in [0, 0.05) is 13.2 Å². The predicted octanol–water partition coefficient (Wildman–Crippen LogP) is 0.938. The van der Waals surface area contributed by atoms with Crippen molar-refractivity contribution in [3.05, 3.63) is 0 Å². The normalized spacial score (nSPS) is 12.5. The van der Waals surface area contributed by atoms with Crippen molar-refractivity contribution in [3.63, 3.8) is 0 Å². The summed E-state index contributed by atoms with van der Waals surface area (Å²) in [7, 11) is 1.40. The van der Waals surface area contributed by atoms with Gasteiger partial charge in [-0.15, -0.1) is 0 Å². The van der Waals surface area contributed by atoms with E-state index in [1.165, 1.54) is 7.11 Å². The molecule has 0 spiro atoms. The van der Waals surface area contributed by atoms with E-state index in [1.807, 2.05) is 0 Å². The Kier molecular flexibility index (Phi) is 9.52. The van der Waals surface area contributed by atoms with Crippen molar-refractivity contribution >= 4 is 5.97 Å². The Morgan fingerprint density at radius 1 is 1.47 bits per heavy atom. The molecule has 15 heavy (non-hydrogen) atoms. The average molecular weight is 217 g/mol. The van der Waals surface area contributed by atoms with Crippen LogP contribution in [0.4, 0.5) is 0 Å². The number of carbonyl (C=O) groups excluding carboxylic acids is 1. The van der Waals surface area contributed by atoms with Crippen LogP contribution in [0.5, 0.6) is 0 Å². The molecule has 0 radical (unpaired) electrons. The van der Waals surface area contributed by atoms with E-state index >= 15 is 0 Å². The maximum absolute atomic E-state index is 10.8. The number of hydrogen-bond donors (Lipinski definition) is 2. The third kappa shape index (κ3) is 8.39. The summed E-state index contributed by atoms with van der Waals surface area (Å²) in [6.45, 7) is 3.89. The van der Waals surface area contributed by atoms with Crippen LogP contribution in [0.15, 0.2) is 0 Å². The van der Waals surface area contributed by atoms with E-state index in [0.29, 0.717) is 18.9 Å². The van der Waals surface area contributed by atoms with Gasteiger partial charge in [0.1, 0.15) is 0 Å². The molecule has 0 aromatic heterocycles. The molecule has 4 nitrogen and oxygen atoms in total. The molecule has 0 aliphatic heterocycles. The van der Waals surface area contributed by atoms with Gasteiger partial charge in [-0.05, 0) is 25.3 Å². The number of aliphatic hydroxyl groups excluding tert-OH is 1. The largest absolute Gasteiger partial charge is 0.469 e. The zero-order valence-corrected chi connectivity index (χ0v) is 9.79. The minimum atomic E-state index is -0.184. The molecule has 0 aromatic rings. The van der Waals surface area contributed by atoms with E-state index in [1.54, 1.807) is 0 Å². The SMILES string of the molecule is CCCC(CCO)CNCCC(=O)OC. The fraction of sp³-hybridized carbons (Fsp3) is 0.909. The molecule has 0 fully saturated rings. The highest BCUT2D eigenvalue weighted by Gasteiger charge is 2.07. The topological polar surface area (TPSA) is 58.6 Å². The van der Waals surface area contributed by atoms with E-state index in [-0.39, 0.29) is 12.6 Å². The first-order valence-electron chi connectivity index (χ1n) is 5.63. The second-order valence-corrected chi connectivity index (χ2v) is 3.70. The van der Waals surface area contributed by atoms with Crippen molar-refractivity contribution in [3.8, 4) is 0 Å². The van der Waals surface area contributed by atoms with Crippen molar-refractivity contribution in [1.29, 1.82) is 0 Å². The number of hydrogen-bond acceptors (Lipinski definition) is 4. The Balaban J connectivity index is 3.48. The maximum Gasteiger partial charge on any atom is 0.306 e. The van der Waals surface area contributed by atoms with Crippen LogP contribution in [0.25, 0.3) is 0 Å². The van der Waals surface area contributed by atoms with Gasteiger partial charge in [-0.2, -0.15) is 0 Å². The number of aliphatic hydroxyl groups is 1. The average Bonchev–Trinajstić information content (AvgIpc) is 2.24. The van der Waals surface area contributed by atoms with Crippen molar-refractivity contribution in [1.82, 2.24) is 5.32 Å². The van der Waals surface area contributed by atoms with E-state index in [0.717, 1.165) is 25.8 Å². The van der Waals surface area contributed by atoms with Gasteiger partial charge in [-0.1, -0.05) is 13.3 Å². The molecule has 0 aromatic carbocycles. The summed E-state index contributed by atoms with van der Waals surface area (Å²) < 4.78 is 4.53. The lowest BCUT2D eigenvalue weighted by molar-refractivity contribution is -0.140. The number of nitrogens with one attached hydrogen (secondary N) is 1. The standard InChI is InChI=1S/C11H23NO3/c1-3-4-10(6-8-13)9-12-7-5-11(14)15-2/h10,12-13H,3-9H2,1-2H3. The predicted molar refractivity (Wildman–Crippen MR) is 59.6 cm³/mol. The molecule has 0 amide bonds. The van der Waals surface area contributed by atoms with Crippen molar-refractivity contribution in [2.75, 3.05) is 26.8 Å². The molecule has 90 valence electrons. The Bertz CT molecular complexity index is 156. The van der Waals surface area contributed by atoms with Crippen molar-refractivity contribution in [2.45, 2.75) is 32.6 Å². The van der Waals surface area contributed by atoms with Crippen LogP contribution in [-0.2, 0) is 9.53 Å². The quantitative estimate of drug-likeness (QED) is 0.446. The van der Waals surface area contributed by atoms with Gasteiger partial charge < -0.3 is 15.2 Å². The molecule has 0 aliphatic carbocycles. The molecule has 0 saturated carbocycles. The lowest BCUT2D eigenvalue weighted by atomic mass is 10.0. The summed E-state index contributed by atoms with van der Waals surface area (Å²) in [4.78, 5) is 10.8. The second-order valence-electron chi connectivity index (χ2n) is 3.70. The first kappa shape index (κ1) is 14.4. The van der Waals surface area contributed by atoms with Crippen LogP contribution >= 0.6 is 0 Å². The summed E-state index contributed by atoms with van der Waals surface area (Å²) >= 11 is 0. The first-order valence-corrected chi connectivity index (χ1v) is 5.63. The zero-order valence-electron chi connectivity index (χ0n) is 9.79. The van der Waals surface area contributed by atoms with Crippen LogP contribution in [0, 0.1) is 5.92 Å². The van der Waals surface area contributed by atoms with Crippen LogP contribution in [0.2, 0.25) is 0 Å². The zero-order chi connectivity index (χ0) is 11.5. The molecule has 4 heteroatoms. The third-order valence-corrected chi connectivity index (χ3v) is 2.40. The Morgan fingerprint density at radius 3 is 2.73 bits per heavy atom. The Hall–Kier alpha value is -0.610. The Labute approximate surface area is 92.0 Å². The second kappa shape index (κ2) is 9.93. The highest BCUT2D eigenvalue weighted by atomic mass is 16.5. The van der Waals surface area contributed by atoms with Gasteiger partial charge in [0.25, 0.3) is 0 Å². The maximum atomic E-state index is 10.8. The molecule has 0 heterocycles. The number of ether oxygens (including phenoxy) is 1. The van der Waals surface area contributed by atoms with E-state index in [4.69, 9.17) is 5.11 Å². The lowest BCUT2D eigenvalue weighted by Crippen LogP contribution is -2.26. The first-order chi connectivity index (χ1) is 7.24. The van der Waals surface area contributed by atoms with Crippen LogP contribution in [0.3, 0.4) is 0 Å². The van der Waals surface area contributed by atoms with Crippen LogP contribution in [0.1, 0.15) is 32.6 Å². The van der Waals surface area contributed by atoms with Crippen molar-refractivity contribution < 1.29 is 14.6 Å². The molecule has 0 aliphatic rings. The number of carbonyl (C=O) groups is 1. The van der Waals surface area contributed by atoms with E-state index in [9.17, 15) is 4.79 Å². The number of rotatable bonds is 9. The third-order valence-electron chi connectivity index (χ3n) is 2.40. The molecule has 0 bridgehead atoms. The van der Waals surface area contributed by atoms with Gasteiger partial charge in [0.05, 0.1) is 13.5 Å². The van der Waals surface area contributed by atoms with Gasteiger partial charge >= 0.3 is 5.97 Å². The fourth-order valence-electron chi connectivity index (χ4n) is 1.54. The summed E-state index contributed by atoms with van der Waals surface area (Å²) in [6, 6.07) is 0. The highest BCUT2D eigenvalue weighted by molar-refractivity contribution is 5.69. The monoisotopic (exact) mass is 217 g/mol. The fourth-order valence-corrected chi connectivity index (χ4v) is 1.54. The molecule has 0 rings (SSSR count). The summed E-state index contributed by atoms with van der Waals surface area (Å²) in [5.74, 6) is 0.328. The summed E-state index contributed by atoms with van der Waals surface area (Å²) in [5, 5.41) is 12.1. The molecular formula is C11H23NO3. The van der Waals surface area contributed by atoms with Gasteiger partial charge in [0.15, 0.2) is 0 Å². The smallest absolute Gasteiger partial charge is 0.306 e. The van der Waals surface area contributed by atoms with Crippen molar-refractivity contribution in [2.24, 2.45) is 5.92 Å². The highest BCUT2D eigenvalue weighted by Crippen LogP contribution is 2.09. The lowest BCUT2D eigenvalue weighted by Gasteiger charge is -2.15. The molecular weight excluding hydrogens is 194 g/mol. The van der Waals surface area contributed by atoms with Gasteiger partial charge in [-0.3, -0.25) is 4.79 Å². The minimum Gasteiger partial charge on any atom is -0.469 e. The summed E-state index contributed by atoms with van der Waals surface area (Å²) in [5.41, 5.74) is 0. The van der Waals surface area contributed by atoms with Gasteiger partial charge in [-0.25, -0.2) is 0 Å². The number of methoxy groups -OCH3 is 1. The van der Waals surface area contributed by atoms with E-state index < -0.39 is 0 Å². The van der Waals surface area contributed by atoms with Gasteiger partial charge in [0.2, 0.25) is 0 Å². The Morgan fingerprint density at radius 2 is 2.20 bits per heavy atom. The number of esters is 1. The van der Waals surface area contributed by atoms with Crippen LogP contribution in [-0.4, -0.2) is 37.9 Å². The molecule has 2 N–H and O–H groups in total. The minimum absolute atomic E-state index is 0.184. The van der Waals surface area contributed by atoms with Crippen LogP contribution < -0.4 is 5.32 Å². The molecule has 1 unspecified atom stereocenters. The summed E-state index contributed by atoms with van der Waals surface area (Å²) in [6.07, 6.45) is 3.49. The molecule has 0 saturated heterocycles. The molecule has 1 atom stereocenters. The van der Waals surface area contributed by atoms with E-state index in [2.05, 4.69) is 17.0 Å².